The Morgan fingerprint density at radius 1 is 1.12 bits per heavy atom. The summed E-state index contributed by atoms with van der Waals surface area (Å²) in [5.74, 6) is 0.564. The first kappa shape index (κ1) is 18.5. The topological polar surface area (TPSA) is 46.6 Å². The molecule has 24 heavy (non-hydrogen) atoms. The fraction of sp³-hybridized carbons (Fsp3) is 0.600. The number of nitrogens with zero attached hydrogens (tertiary/aromatic N) is 1. The fourth-order valence-corrected chi connectivity index (χ4v) is 3.33. The molecule has 1 aliphatic carbocycles. The lowest BCUT2D eigenvalue weighted by molar-refractivity contribution is -0.139. The Labute approximate surface area is 145 Å². The van der Waals surface area contributed by atoms with Crippen LogP contribution >= 0.6 is 0 Å². The number of benzene rings is 1. The monoisotopic (exact) mass is 331 g/mol. The molecule has 0 spiro atoms. The summed E-state index contributed by atoms with van der Waals surface area (Å²) < 4.78 is 5.79. The van der Waals surface area contributed by atoms with Gasteiger partial charge >= 0.3 is 0 Å². The Bertz CT molecular complexity index is 562. The first-order valence-corrected chi connectivity index (χ1v) is 9.03. The van der Waals surface area contributed by atoms with Gasteiger partial charge in [-0.2, -0.15) is 0 Å². The van der Waals surface area contributed by atoms with E-state index < -0.39 is 6.10 Å². The van der Waals surface area contributed by atoms with Crippen LogP contribution in [0.1, 0.15) is 69.2 Å². The Morgan fingerprint density at radius 3 is 2.38 bits per heavy atom. The Balaban J connectivity index is 1.97. The van der Waals surface area contributed by atoms with Crippen molar-refractivity contribution in [3.8, 4) is 5.75 Å². The van der Waals surface area contributed by atoms with E-state index in [1.165, 1.54) is 39.0 Å². The maximum absolute atomic E-state index is 12.7. The second-order valence-electron chi connectivity index (χ2n) is 6.79. The van der Waals surface area contributed by atoms with Crippen LogP contribution in [0.5, 0.6) is 5.75 Å². The molecule has 0 radical (unpaired) electrons. The van der Waals surface area contributed by atoms with Crippen molar-refractivity contribution in [2.24, 2.45) is 0 Å². The van der Waals surface area contributed by atoms with Crippen LogP contribution in [0.4, 0.5) is 0 Å². The first-order valence-electron chi connectivity index (χ1n) is 9.03. The molecule has 1 aromatic carbocycles. The third kappa shape index (κ3) is 5.08. The molecule has 4 nitrogen and oxygen atoms in total. The molecule has 1 aromatic rings. The van der Waals surface area contributed by atoms with E-state index in [-0.39, 0.29) is 11.7 Å². The molecule has 1 fully saturated rings. The first-order chi connectivity index (χ1) is 11.5. The van der Waals surface area contributed by atoms with Crippen LogP contribution in [-0.4, -0.2) is 35.8 Å². The van der Waals surface area contributed by atoms with Crippen molar-refractivity contribution in [3.63, 3.8) is 0 Å². The van der Waals surface area contributed by atoms with Crippen LogP contribution in [-0.2, 0) is 4.79 Å². The number of ketones is 1. The van der Waals surface area contributed by atoms with Gasteiger partial charge in [0.15, 0.2) is 11.9 Å². The van der Waals surface area contributed by atoms with Crippen molar-refractivity contribution >= 4 is 11.7 Å². The summed E-state index contributed by atoms with van der Waals surface area (Å²) in [4.78, 5) is 26.0. The molecule has 0 aromatic heterocycles. The molecular weight excluding hydrogens is 302 g/mol. The lowest BCUT2D eigenvalue weighted by Gasteiger charge is -2.31. The highest BCUT2D eigenvalue weighted by atomic mass is 16.5. The van der Waals surface area contributed by atoms with E-state index in [9.17, 15) is 9.59 Å². The van der Waals surface area contributed by atoms with Gasteiger partial charge in [0.1, 0.15) is 5.75 Å². The lowest BCUT2D eigenvalue weighted by atomic mass is 9.95. The minimum Gasteiger partial charge on any atom is -0.481 e. The van der Waals surface area contributed by atoms with Gasteiger partial charge in [-0.1, -0.05) is 44.2 Å². The summed E-state index contributed by atoms with van der Waals surface area (Å²) in [5, 5.41) is 0. The van der Waals surface area contributed by atoms with Crippen molar-refractivity contribution in [2.45, 2.75) is 70.9 Å². The highest BCUT2D eigenvalue weighted by Crippen LogP contribution is 2.22. The molecule has 0 saturated heterocycles. The number of hydrogen-bond donors (Lipinski definition) is 0. The van der Waals surface area contributed by atoms with Crippen molar-refractivity contribution in [1.82, 2.24) is 4.90 Å². The van der Waals surface area contributed by atoms with Crippen LogP contribution < -0.4 is 4.74 Å². The summed E-state index contributed by atoms with van der Waals surface area (Å²) in [6.07, 6.45) is 7.84. The van der Waals surface area contributed by atoms with E-state index in [0.717, 1.165) is 12.8 Å². The molecule has 1 atom stereocenters. The normalized spacial score (nSPS) is 17.5. The molecule has 0 unspecified atom stereocenters. The molecule has 0 aliphatic heterocycles. The lowest BCUT2D eigenvalue weighted by Crippen LogP contribution is -2.44. The number of Topliss-reactive ketones (excluding diaryl/α,β-unsaturated/α-hetero) is 1. The number of ether oxygens (including phenoxy) is 1. The summed E-state index contributed by atoms with van der Waals surface area (Å²) >= 11 is 0. The molecule has 0 bridgehead atoms. The van der Waals surface area contributed by atoms with Gasteiger partial charge in [0.2, 0.25) is 0 Å². The number of rotatable bonds is 5. The van der Waals surface area contributed by atoms with Crippen LogP contribution in [0.25, 0.3) is 0 Å². The number of carbonyl (C=O) groups is 2. The third-order valence-corrected chi connectivity index (χ3v) is 4.87. The van der Waals surface area contributed by atoms with Gasteiger partial charge in [-0.05, 0) is 38.8 Å². The van der Waals surface area contributed by atoms with Crippen LogP contribution in [0.3, 0.4) is 0 Å². The van der Waals surface area contributed by atoms with Gasteiger partial charge < -0.3 is 9.64 Å². The quantitative estimate of drug-likeness (QED) is 0.759. The van der Waals surface area contributed by atoms with Crippen LogP contribution in [0.2, 0.25) is 0 Å². The van der Waals surface area contributed by atoms with Crippen LogP contribution in [0, 0.1) is 0 Å². The predicted octanol–water partition coefficient (Wildman–Crippen LogP) is 4.23. The smallest absolute Gasteiger partial charge is 0.263 e. The molecular formula is C20H29NO3. The standard InChI is InChI=1S/C20H29NO3/c1-15(22)17-10-9-13-19(14-17)24-16(2)20(23)21(3)18-11-7-5-4-6-8-12-18/h9-10,13-14,16,18H,4-8,11-12H2,1-3H3/t16-/m1/s1. The maximum Gasteiger partial charge on any atom is 0.263 e. The zero-order chi connectivity index (χ0) is 17.5. The Kier molecular flexibility index (Phi) is 6.83. The number of amides is 1. The zero-order valence-electron chi connectivity index (χ0n) is 15.1. The largest absolute Gasteiger partial charge is 0.481 e. The molecule has 132 valence electrons. The summed E-state index contributed by atoms with van der Waals surface area (Å²) in [5.41, 5.74) is 0.598. The van der Waals surface area contributed by atoms with Gasteiger partial charge in [0, 0.05) is 18.7 Å². The second-order valence-corrected chi connectivity index (χ2v) is 6.79. The minimum absolute atomic E-state index is 0.00815. The fourth-order valence-electron chi connectivity index (χ4n) is 3.33. The van der Waals surface area contributed by atoms with E-state index >= 15 is 0 Å². The Hall–Kier alpha value is -1.84. The molecule has 0 heterocycles. The van der Waals surface area contributed by atoms with Crippen molar-refractivity contribution < 1.29 is 14.3 Å². The average molecular weight is 331 g/mol. The van der Waals surface area contributed by atoms with E-state index in [2.05, 4.69) is 0 Å². The summed E-state index contributed by atoms with van der Waals surface area (Å²) in [6.45, 7) is 3.30. The van der Waals surface area contributed by atoms with E-state index in [1.54, 1.807) is 31.2 Å². The van der Waals surface area contributed by atoms with Gasteiger partial charge in [0.25, 0.3) is 5.91 Å². The van der Waals surface area contributed by atoms with Crippen LogP contribution in [0.15, 0.2) is 24.3 Å². The average Bonchev–Trinajstić information content (AvgIpc) is 2.53. The molecule has 1 saturated carbocycles. The summed E-state index contributed by atoms with van der Waals surface area (Å²) in [6, 6.07) is 7.32. The molecule has 1 amide bonds. The highest BCUT2D eigenvalue weighted by molar-refractivity contribution is 5.94. The van der Waals surface area contributed by atoms with Gasteiger partial charge in [-0.25, -0.2) is 0 Å². The highest BCUT2D eigenvalue weighted by Gasteiger charge is 2.25. The van der Waals surface area contributed by atoms with E-state index in [4.69, 9.17) is 4.74 Å². The van der Waals surface area contributed by atoms with Crippen molar-refractivity contribution in [2.75, 3.05) is 7.05 Å². The molecule has 0 N–H and O–H groups in total. The van der Waals surface area contributed by atoms with E-state index in [0.29, 0.717) is 17.4 Å². The predicted molar refractivity (Wildman–Crippen MR) is 95.4 cm³/mol. The number of hydrogen-bond acceptors (Lipinski definition) is 3. The second kappa shape index (κ2) is 8.86. The zero-order valence-corrected chi connectivity index (χ0v) is 15.1. The minimum atomic E-state index is -0.553. The van der Waals surface area contributed by atoms with E-state index in [1.807, 2.05) is 11.9 Å². The van der Waals surface area contributed by atoms with Gasteiger partial charge in [-0.15, -0.1) is 0 Å². The Morgan fingerprint density at radius 2 is 1.75 bits per heavy atom. The third-order valence-electron chi connectivity index (χ3n) is 4.87. The summed E-state index contributed by atoms with van der Waals surface area (Å²) in [7, 11) is 1.89. The van der Waals surface area contributed by atoms with Crippen molar-refractivity contribution in [1.29, 1.82) is 0 Å². The maximum atomic E-state index is 12.7. The van der Waals surface area contributed by atoms with Crippen molar-refractivity contribution in [3.05, 3.63) is 29.8 Å². The number of carbonyl (C=O) groups excluding carboxylic acids is 2. The molecule has 1 aliphatic rings. The molecule has 2 rings (SSSR count). The van der Waals surface area contributed by atoms with Gasteiger partial charge in [-0.3, -0.25) is 9.59 Å². The number of likely N-dealkylation sites (N-methyl/N-ethyl adjacent to an activating group) is 1. The SMILES string of the molecule is CC(=O)c1cccc(O[C@H](C)C(=O)N(C)C2CCCCCCC2)c1. The van der Waals surface area contributed by atoms with Gasteiger partial charge in [0.05, 0.1) is 0 Å². The molecule has 4 heteroatoms.